The average Bonchev–Trinajstić information content (AvgIpc) is 2.88. The monoisotopic (exact) mass is 362 g/mol. The van der Waals surface area contributed by atoms with Gasteiger partial charge in [-0.3, -0.25) is 14.5 Å². The standard InChI is InChI=1S/C18H26N4O4/c1-21(2)11-10-19-16(23)9-8-15-17(24)22(18(25)20-15)12-13-4-6-14(26-3)7-5-13/h4-7,15H,8-12H2,1-3H3,(H,19,23)(H,20,25)/t15-/m1/s1. The minimum Gasteiger partial charge on any atom is -0.497 e. The van der Waals surface area contributed by atoms with Crippen molar-refractivity contribution in [3.8, 4) is 5.75 Å². The van der Waals surface area contributed by atoms with E-state index in [0.29, 0.717) is 12.3 Å². The first kappa shape index (κ1) is 19.7. The van der Waals surface area contributed by atoms with Crippen LogP contribution in [0, 0.1) is 0 Å². The number of nitrogens with zero attached hydrogens (tertiary/aromatic N) is 2. The van der Waals surface area contributed by atoms with Crippen molar-refractivity contribution in [2.24, 2.45) is 0 Å². The molecule has 0 saturated carbocycles. The predicted molar refractivity (Wildman–Crippen MR) is 96.7 cm³/mol. The number of methoxy groups -OCH3 is 1. The number of benzene rings is 1. The molecule has 1 saturated heterocycles. The topological polar surface area (TPSA) is 91.0 Å². The van der Waals surface area contributed by atoms with Crippen LogP contribution < -0.4 is 15.4 Å². The van der Waals surface area contributed by atoms with Crippen molar-refractivity contribution in [2.45, 2.75) is 25.4 Å². The lowest BCUT2D eigenvalue weighted by Gasteiger charge is -2.13. The van der Waals surface area contributed by atoms with Crippen molar-refractivity contribution in [1.29, 1.82) is 0 Å². The van der Waals surface area contributed by atoms with Gasteiger partial charge in [0.05, 0.1) is 13.7 Å². The smallest absolute Gasteiger partial charge is 0.325 e. The molecule has 1 fully saturated rings. The van der Waals surface area contributed by atoms with Gasteiger partial charge >= 0.3 is 6.03 Å². The molecule has 1 atom stereocenters. The van der Waals surface area contributed by atoms with Gasteiger partial charge in [-0.1, -0.05) is 12.1 Å². The van der Waals surface area contributed by atoms with Crippen LogP contribution in [0.5, 0.6) is 5.75 Å². The molecule has 8 heteroatoms. The number of rotatable bonds is 9. The highest BCUT2D eigenvalue weighted by Gasteiger charge is 2.37. The largest absolute Gasteiger partial charge is 0.497 e. The van der Waals surface area contributed by atoms with Crippen LogP contribution in [0.3, 0.4) is 0 Å². The lowest BCUT2D eigenvalue weighted by atomic mass is 10.1. The quantitative estimate of drug-likeness (QED) is 0.627. The summed E-state index contributed by atoms with van der Waals surface area (Å²) in [5.41, 5.74) is 0.830. The van der Waals surface area contributed by atoms with Crippen molar-refractivity contribution in [2.75, 3.05) is 34.3 Å². The second-order valence-electron chi connectivity index (χ2n) is 6.47. The highest BCUT2D eigenvalue weighted by atomic mass is 16.5. The minimum atomic E-state index is -0.652. The fourth-order valence-electron chi connectivity index (χ4n) is 2.62. The normalized spacial score (nSPS) is 16.8. The summed E-state index contributed by atoms with van der Waals surface area (Å²) in [6.07, 6.45) is 0.484. The Bertz CT molecular complexity index is 645. The highest BCUT2D eigenvalue weighted by Crippen LogP contribution is 2.17. The van der Waals surface area contributed by atoms with Crippen LogP contribution in [0.1, 0.15) is 18.4 Å². The number of hydrogen-bond donors (Lipinski definition) is 2. The second-order valence-corrected chi connectivity index (χ2v) is 6.47. The van der Waals surface area contributed by atoms with E-state index in [1.165, 1.54) is 4.90 Å². The molecule has 0 unspecified atom stereocenters. The van der Waals surface area contributed by atoms with Crippen LogP contribution in [-0.4, -0.2) is 68.0 Å². The lowest BCUT2D eigenvalue weighted by Crippen LogP contribution is -2.34. The third kappa shape index (κ3) is 5.45. The summed E-state index contributed by atoms with van der Waals surface area (Å²) in [5, 5.41) is 5.45. The molecule has 2 rings (SSSR count). The fourth-order valence-corrected chi connectivity index (χ4v) is 2.62. The zero-order valence-corrected chi connectivity index (χ0v) is 15.4. The van der Waals surface area contributed by atoms with E-state index in [9.17, 15) is 14.4 Å². The number of amides is 4. The van der Waals surface area contributed by atoms with Crippen molar-refractivity contribution < 1.29 is 19.1 Å². The molecule has 1 aromatic carbocycles. The molecule has 26 heavy (non-hydrogen) atoms. The number of hydrogen-bond acceptors (Lipinski definition) is 5. The van der Waals surface area contributed by atoms with E-state index in [0.717, 1.165) is 12.1 Å². The number of carbonyl (C=O) groups excluding carboxylic acids is 3. The minimum absolute atomic E-state index is 0.123. The Morgan fingerprint density at radius 3 is 2.58 bits per heavy atom. The van der Waals surface area contributed by atoms with Crippen molar-refractivity contribution in [3.05, 3.63) is 29.8 Å². The second kappa shape index (κ2) is 9.19. The molecule has 1 aliphatic heterocycles. The number of urea groups is 1. The predicted octanol–water partition coefficient (Wildman–Crippen LogP) is 0.574. The van der Waals surface area contributed by atoms with Crippen molar-refractivity contribution in [3.63, 3.8) is 0 Å². The third-order valence-electron chi connectivity index (χ3n) is 4.15. The SMILES string of the molecule is COc1ccc(CN2C(=O)N[C@H](CCC(=O)NCCN(C)C)C2=O)cc1. The van der Waals surface area contributed by atoms with E-state index in [4.69, 9.17) is 4.74 Å². The highest BCUT2D eigenvalue weighted by molar-refractivity contribution is 6.04. The number of imide groups is 1. The number of likely N-dealkylation sites (N-methyl/N-ethyl adjacent to an activating group) is 1. The Morgan fingerprint density at radius 2 is 1.96 bits per heavy atom. The van der Waals surface area contributed by atoms with Crippen LogP contribution >= 0.6 is 0 Å². The maximum atomic E-state index is 12.4. The van der Waals surface area contributed by atoms with Gasteiger partial charge in [0.1, 0.15) is 11.8 Å². The molecule has 4 amide bonds. The fraction of sp³-hybridized carbons (Fsp3) is 0.500. The summed E-state index contributed by atoms with van der Waals surface area (Å²) >= 11 is 0. The lowest BCUT2D eigenvalue weighted by molar-refractivity contribution is -0.128. The zero-order valence-electron chi connectivity index (χ0n) is 15.4. The van der Waals surface area contributed by atoms with E-state index in [1.807, 2.05) is 31.1 Å². The van der Waals surface area contributed by atoms with Gasteiger partial charge < -0.3 is 20.3 Å². The summed E-state index contributed by atoms with van der Waals surface area (Å²) in [6.45, 7) is 1.50. The van der Waals surface area contributed by atoms with Crippen molar-refractivity contribution >= 4 is 17.8 Å². The van der Waals surface area contributed by atoms with Gasteiger partial charge in [0.15, 0.2) is 0 Å². The molecule has 0 aromatic heterocycles. The first-order chi connectivity index (χ1) is 12.4. The van der Waals surface area contributed by atoms with Gasteiger partial charge in [0, 0.05) is 19.5 Å². The maximum absolute atomic E-state index is 12.4. The Labute approximate surface area is 153 Å². The number of nitrogens with one attached hydrogen (secondary N) is 2. The van der Waals surface area contributed by atoms with Crippen molar-refractivity contribution in [1.82, 2.24) is 20.4 Å². The van der Waals surface area contributed by atoms with Gasteiger partial charge in [0.25, 0.3) is 5.91 Å². The first-order valence-electron chi connectivity index (χ1n) is 8.57. The van der Waals surface area contributed by atoms with Gasteiger partial charge in [-0.15, -0.1) is 0 Å². The number of ether oxygens (including phenoxy) is 1. The maximum Gasteiger partial charge on any atom is 0.325 e. The molecule has 1 aliphatic rings. The van der Waals surface area contributed by atoms with Gasteiger partial charge in [-0.2, -0.15) is 0 Å². The molecule has 0 radical (unpaired) electrons. The molecule has 1 heterocycles. The van der Waals surface area contributed by atoms with E-state index >= 15 is 0 Å². The Kier molecular flexibility index (Phi) is 6.97. The van der Waals surface area contributed by atoms with Crippen LogP contribution in [0.25, 0.3) is 0 Å². The first-order valence-corrected chi connectivity index (χ1v) is 8.57. The molecular formula is C18H26N4O4. The van der Waals surface area contributed by atoms with Gasteiger partial charge in [-0.25, -0.2) is 4.79 Å². The van der Waals surface area contributed by atoms with Crippen LogP contribution in [0.2, 0.25) is 0 Å². The van der Waals surface area contributed by atoms with E-state index in [2.05, 4.69) is 10.6 Å². The summed E-state index contributed by atoms with van der Waals surface area (Å²) in [6, 6.07) is 6.10. The van der Waals surface area contributed by atoms with Crippen LogP contribution in [0.4, 0.5) is 4.79 Å². The Balaban J connectivity index is 1.82. The molecule has 1 aromatic rings. The summed E-state index contributed by atoms with van der Waals surface area (Å²) < 4.78 is 5.09. The number of carbonyl (C=O) groups is 3. The Hall–Kier alpha value is -2.61. The zero-order chi connectivity index (χ0) is 19.1. The summed E-state index contributed by atoms with van der Waals surface area (Å²) in [4.78, 5) is 39.5. The molecule has 0 spiro atoms. The Morgan fingerprint density at radius 1 is 1.27 bits per heavy atom. The summed E-state index contributed by atoms with van der Waals surface area (Å²) in [5.74, 6) is 0.290. The molecule has 0 bridgehead atoms. The summed E-state index contributed by atoms with van der Waals surface area (Å²) in [7, 11) is 5.43. The van der Waals surface area contributed by atoms with E-state index < -0.39 is 12.1 Å². The van der Waals surface area contributed by atoms with Crippen LogP contribution in [0.15, 0.2) is 24.3 Å². The van der Waals surface area contributed by atoms with Gasteiger partial charge in [0.2, 0.25) is 5.91 Å². The molecule has 8 nitrogen and oxygen atoms in total. The average molecular weight is 362 g/mol. The molecule has 2 N–H and O–H groups in total. The third-order valence-corrected chi connectivity index (χ3v) is 4.15. The molecule has 142 valence electrons. The molecule has 0 aliphatic carbocycles. The molecular weight excluding hydrogens is 336 g/mol. The van der Waals surface area contributed by atoms with E-state index in [-0.39, 0.29) is 31.2 Å². The van der Waals surface area contributed by atoms with Gasteiger partial charge in [-0.05, 0) is 38.2 Å². The van der Waals surface area contributed by atoms with E-state index in [1.54, 1.807) is 19.2 Å². The van der Waals surface area contributed by atoms with Crippen LogP contribution in [-0.2, 0) is 16.1 Å².